The molecule has 0 amide bonds. The summed E-state index contributed by atoms with van der Waals surface area (Å²) in [6.07, 6.45) is 0. The van der Waals surface area contributed by atoms with Crippen molar-refractivity contribution in [2.24, 2.45) is 0 Å². The number of ether oxygens (including phenoxy) is 1. The fourth-order valence-electron chi connectivity index (χ4n) is 1.75. The second kappa shape index (κ2) is 7.10. The third kappa shape index (κ3) is 3.84. The van der Waals surface area contributed by atoms with Crippen LogP contribution < -0.4 is 0 Å². The zero-order valence-corrected chi connectivity index (χ0v) is 11.9. The highest BCUT2D eigenvalue weighted by Gasteiger charge is 2.23. The zero-order valence-electron chi connectivity index (χ0n) is 11.1. The van der Waals surface area contributed by atoms with Gasteiger partial charge in [-0.2, -0.15) is 0 Å². The van der Waals surface area contributed by atoms with Gasteiger partial charge in [-0.1, -0.05) is 30.3 Å². The summed E-state index contributed by atoms with van der Waals surface area (Å²) in [4.78, 5) is 12.9. The zero-order chi connectivity index (χ0) is 14.4. The summed E-state index contributed by atoms with van der Waals surface area (Å²) in [6.45, 7) is 2.12. The summed E-state index contributed by atoms with van der Waals surface area (Å²) < 4.78 is 18.0. The van der Waals surface area contributed by atoms with E-state index in [1.807, 2.05) is 30.3 Å². The van der Waals surface area contributed by atoms with E-state index in [1.54, 1.807) is 19.1 Å². The van der Waals surface area contributed by atoms with E-state index < -0.39 is 5.25 Å². The first kappa shape index (κ1) is 14.6. The van der Waals surface area contributed by atoms with Crippen LogP contribution in [0.2, 0.25) is 0 Å². The number of benzene rings is 2. The molecule has 0 aliphatic carbocycles. The first-order chi connectivity index (χ1) is 9.70. The summed E-state index contributed by atoms with van der Waals surface area (Å²) in [6, 6.07) is 15.5. The Hall–Kier alpha value is -1.81. The number of carbonyl (C=O) groups excluding carboxylic acids is 1. The molecule has 0 N–H and O–H groups in total. The predicted octanol–water partition coefficient (Wildman–Crippen LogP) is 4.22. The Morgan fingerprint density at radius 1 is 1.15 bits per heavy atom. The van der Waals surface area contributed by atoms with Gasteiger partial charge in [-0.15, -0.1) is 11.8 Å². The van der Waals surface area contributed by atoms with Crippen LogP contribution in [-0.2, 0) is 9.53 Å². The number of hydrogen-bond donors (Lipinski definition) is 0. The highest BCUT2D eigenvalue weighted by Crippen LogP contribution is 2.36. The number of carbonyl (C=O) groups is 1. The lowest BCUT2D eigenvalue weighted by Crippen LogP contribution is -2.13. The maximum Gasteiger partial charge on any atom is 0.323 e. The Balaban J connectivity index is 2.23. The Kier molecular flexibility index (Phi) is 5.18. The van der Waals surface area contributed by atoms with Gasteiger partial charge in [0.1, 0.15) is 11.1 Å². The summed E-state index contributed by atoms with van der Waals surface area (Å²) in [7, 11) is 0. The lowest BCUT2D eigenvalue weighted by Gasteiger charge is -2.15. The van der Waals surface area contributed by atoms with Crippen LogP contribution in [0.1, 0.15) is 17.7 Å². The third-order valence-corrected chi connectivity index (χ3v) is 3.92. The Morgan fingerprint density at radius 2 is 1.80 bits per heavy atom. The Labute approximate surface area is 122 Å². The quantitative estimate of drug-likeness (QED) is 0.609. The normalized spacial score (nSPS) is 11.9. The molecular formula is C16H15FO2S. The van der Waals surface area contributed by atoms with Gasteiger partial charge in [-0.3, -0.25) is 4.79 Å². The third-order valence-electron chi connectivity index (χ3n) is 2.67. The van der Waals surface area contributed by atoms with Gasteiger partial charge >= 0.3 is 5.97 Å². The van der Waals surface area contributed by atoms with Crippen molar-refractivity contribution in [3.8, 4) is 0 Å². The van der Waals surface area contributed by atoms with Crippen molar-refractivity contribution in [3.05, 3.63) is 66.0 Å². The molecule has 0 spiro atoms. The largest absolute Gasteiger partial charge is 0.465 e. The molecule has 0 aliphatic rings. The first-order valence-corrected chi connectivity index (χ1v) is 7.22. The second-order valence-electron chi connectivity index (χ2n) is 4.11. The van der Waals surface area contributed by atoms with E-state index in [0.29, 0.717) is 6.61 Å². The second-order valence-corrected chi connectivity index (χ2v) is 5.29. The van der Waals surface area contributed by atoms with Crippen LogP contribution in [0.3, 0.4) is 0 Å². The van der Waals surface area contributed by atoms with Crippen molar-refractivity contribution in [3.63, 3.8) is 0 Å². The van der Waals surface area contributed by atoms with Gasteiger partial charge in [0.2, 0.25) is 0 Å². The minimum Gasteiger partial charge on any atom is -0.465 e. The molecule has 4 heteroatoms. The van der Waals surface area contributed by atoms with Crippen molar-refractivity contribution < 1.29 is 13.9 Å². The van der Waals surface area contributed by atoms with Crippen molar-refractivity contribution in [2.75, 3.05) is 6.61 Å². The first-order valence-electron chi connectivity index (χ1n) is 6.34. The molecule has 1 atom stereocenters. The molecule has 2 aromatic rings. The minimum atomic E-state index is -0.443. The fourth-order valence-corrected chi connectivity index (χ4v) is 2.77. The molecule has 1 unspecified atom stereocenters. The summed E-state index contributed by atoms with van der Waals surface area (Å²) in [5.41, 5.74) is 0.875. The Morgan fingerprint density at radius 3 is 2.40 bits per heavy atom. The summed E-state index contributed by atoms with van der Waals surface area (Å²) in [5, 5.41) is -0.443. The number of thioether (sulfide) groups is 1. The number of rotatable bonds is 5. The van der Waals surface area contributed by atoms with E-state index in [2.05, 4.69) is 0 Å². The molecular weight excluding hydrogens is 275 g/mol. The molecule has 0 bridgehead atoms. The van der Waals surface area contributed by atoms with E-state index in [0.717, 1.165) is 10.5 Å². The lowest BCUT2D eigenvalue weighted by molar-refractivity contribution is -0.142. The van der Waals surface area contributed by atoms with Crippen LogP contribution in [-0.4, -0.2) is 12.6 Å². The van der Waals surface area contributed by atoms with Crippen molar-refractivity contribution in [1.29, 1.82) is 0 Å². The maximum atomic E-state index is 12.9. The van der Waals surface area contributed by atoms with Crippen LogP contribution in [0.15, 0.2) is 59.5 Å². The van der Waals surface area contributed by atoms with Gasteiger partial charge in [-0.05, 0) is 36.8 Å². The van der Waals surface area contributed by atoms with Crippen molar-refractivity contribution in [1.82, 2.24) is 0 Å². The van der Waals surface area contributed by atoms with E-state index in [9.17, 15) is 9.18 Å². The molecule has 2 aromatic carbocycles. The molecule has 104 valence electrons. The molecule has 0 aliphatic heterocycles. The van der Waals surface area contributed by atoms with Gasteiger partial charge in [0.05, 0.1) is 6.61 Å². The highest BCUT2D eigenvalue weighted by atomic mass is 32.2. The van der Waals surface area contributed by atoms with Gasteiger partial charge in [0.15, 0.2) is 0 Å². The molecule has 2 rings (SSSR count). The molecule has 2 nitrogen and oxygen atoms in total. The SMILES string of the molecule is CCOC(=O)C(Sc1ccc(F)cc1)c1ccccc1. The van der Waals surface area contributed by atoms with E-state index in [-0.39, 0.29) is 11.8 Å². The predicted molar refractivity (Wildman–Crippen MR) is 78.1 cm³/mol. The van der Waals surface area contributed by atoms with Crippen LogP contribution >= 0.6 is 11.8 Å². The summed E-state index contributed by atoms with van der Waals surface area (Å²) >= 11 is 1.36. The number of hydrogen-bond acceptors (Lipinski definition) is 3. The average Bonchev–Trinajstić information content (AvgIpc) is 2.48. The molecule has 0 aromatic heterocycles. The fraction of sp³-hybridized carbons (Fsp3) is 0.188. The van der Waals surface area contributed by atoms with Crippen molar-refractivity contribution in [2.45, 2.75) is 17.1 Å². The van der Waals surface area contributed by atoms with Crippen molar-refractivity contribution >= 4 is 17.7 Å². The minimum absolute atomic E-state index is 0.284. The number of halogens is 1. The molecule has 0 saturated heterocycles. The summed E-state index contributed by atoms with van der Waals surface area (Å²) in [5.74, 6) is -0.574. The van der Waals surface area contributed by atoms with Gasteiger partial charge in [-0.25, -0.2) is 4.39 Å². The lowest BCUT2D eigenvalue weighted by atomic mass is 10.1. The van der Waals surface area contributed by atoms with E-state index in [4.69, 9.17) is 4.74 Å². The smallest absolute Gasteiger partial charge is 0.323 e. The molecule has 0 fully saturated rings. The van der Waals surface area contributed by atoms with Gasteiger partial charge in [0.25, 0.3) is 0 Å². The van der Waals surface area contributed by atoms with E-state index >= 15 is 0 Å². The van der Waals surface area contributed by atoms with Gasteiger partial charge < -0.3 is 4.74 Å². The van der Waals surface area contributed by atoms with Crippen LogP contribution in [0.25, 0.3) is 0 Å². The molecule has 20 heavy (non-hydrogen) atoms. The van der Waals surface area contributed by atoms with Gasteiger partial charge in [0, 0.05) is 4.90 Å². The van der Waals surface area contributed by atoms with E-state index in [1.165, 1.54) is 23.9 Å². The van der Waals surface area contributed by atoms with Crippen LogP contribution in [0, 0.1) is 5.82 Å². The average molecular weight is 290 g/mol. The van der Waals surface area contributed by atoms with Crippen LogP contribution in [0.4, 0.5) is 4.39 Å². The van der Waals surface area contributed by atoms with Crippen LogP contribution in [0.5, 0.6) is 0 Å². The molecule has 0 heterocycles. The maximum absolute atomic E-state index is 12.9. The molecule has 0 saturated carbocycles. The topological polar surface area (TPSA) is 26.3 Å². The molecule has 0 radical (unpaired) electrons. The number of esters is 1. The highest BCUT2D eigenvalue weighted by molar-refractivity contribution is 8.00. The monoisotopic (exact) mass is 290 g/mol. The Bertz CT molecular complexity index is 554. The standard InChI is InChI=1S/C16H15FO2S/c1-2-19-16(18)15(12-6-4-3-5-7-12)20-14-10-8-13(17)9-11-14/h3-11,15H,2H2,1H3.